The van der Waals surface area contributed by atoms with Gasteiger partial charge >= 0.3 is 0 Å². The van der Waals surface area contributed by atoms with Crippen LogP contribution in [0.25, 0.3) is 0 Å². The van der Waals surface area contributed by atoms with Crippen LogP contribution in [0.2, 0.25) is 0 Å². The van der Waals surface area contributed by atoms with E-state index in [1.807, 2.05) is 30.3 Å². The van der Waals surface area contributed by atoms with Gasteiger partial charge in [0.2, 0.25) is 0 Å². The average Bonchev–Trinajstić information content (AvgIpc) is 2.48. The van der Waals surface area contributed by atoms with Gasteiger partial charge in [0.1, 0.15) is 18.9 Å². The maximum absolute atomic E-state index is 12.9. The Bertz CT molecular complexity index is 569. The zero-order chi connectivity index (χ0) is 15.1. The summed E-state index contributed by atoms with van der Waals surface area (Å²) >= 11 is 0. The largest absolute Gasteiger partial charge is 0.544 e. The standard InChI is InChI=1S/C17H18FNO2/c18-16-8-6-15(7-9-16)12-19(13-17(20)21)11-10-14-4-2-1-3-5-14/h1-9H,10-13H2,(H,20,21). The minimum absolute atomic E-state index is 0.0514. The number of benzene rings is 2. The van der Waals surface area contributed by atoms with E-state index in [1.54, 1.807) is 12.1 Å². The van der Waals surface area contributed by atoms with Gasteiger partial charge in [-0.3, -0.25) is 0 Å². The summed E-state index contributed by atoms with van der Waals surface area (Å²) in [5, 5.41) is 10.9. The van der Waals surface area contributed by atoms with E-state index in [-0.39, 0.29) is 12.4 Å². The van der Waals surface area contributed by atoms with Gasteiger partial charge in [0.25, 0.3) is 0 Å². The van der Waals surface area contributed by atoms with Crippen molar-refractivity contribution in [2.75, 3.05) is 13.1 Å². The summed E-state index contributed by atoms with van der Waals surface area (Å²) in [6, 6.07) is 16.1. The van der Waals surface area contributed by atoms with Crippen molar-refractivity contribution in [1.29, 1.82) is 0 Å². The van der Waals surface area contributed by atoms with Crippen LogP contribution in [-0.4, -0.2) is 19.1 Å². The van der Waals surface area contributed by atoms with Gasteiger partial charge in [-0.25, -0.2) is 4.39 Å². The van der Waals surface area contributed by atoms with Gasteiger partial charge in [0.05, 0.1) is 12.5 Å². The fourth-order valence-electron chi connectivity index (χ4n) is 2.30. The molecule has 2 aromatic carbocycles. The highest BCUT2D eigenvalue weighted by molar-refractivity contribution is 5.65. The summed E-state index contributed by atoms with van der Waals surface area (Å²) in [7, 11) is 0. The van der Waals surface area contributed by atoms with Crippen molar-refractivity contribution < 1.29 is 19.2 Å². The molecule has 0 aliphatic carbocycles. The van der Waals surface area contributed by atoms with Gasteiger partial charge in [-0.2, -0.15) is 0 Å². The molecule has 3 nitrogen and oxygen atoms in total. The topological polar surface area (TPSA) is 44.6 Å². The second-order valence-electron chi connectivity index (χ2n) is 5.09. The van der Waals surface area contributed by atoms with Gasteiger partial charge in [-0.15, -0.1) is 0 Å². The molecule has 0 spiro atoms. The smallest absolute Gasteiger partial charge is 0.123 e. The normalized spacial score (nSPS) is 12.0. The molecule has 1 unspecified atom stereocenters. The Hall–Kier alpha value is -2.20. The first-order valence-electron chi connectivity index (χ1n) is 6.95. The summed E-state index contributed by atoms with van der Waals surface area (Å²) in [6.07, 6.45) is 0.796. The van der Waals surface area contributed by atoms with Crippen molar-refractivity contribution in [2.24, 2.45) is 0 Å². The second-order valence-corrected chi connectivity index (χ2v) is 5.09. The third-order valence-electron chi connectivity index (χ3n) is 3.37. The number of hydrogen-bond donors (Lipinski definition) is 1. The Labute approximate surface area is 123 Å². The van der Waals surface area contributed by atoms with Crippen molar-refractivity contribution in [3.63, 3.8) is 0 Å². The van der Waals surface area contributed by atoms with Crippen molar-refractivity contribution in [3.05, 3.63) is 71.5 Å². The molecule has 4 heteroatoms. The molecule has 0 bridgehead atoms. The van der Waals surface area contributed by atoms with E-state index in [4.69, 9.17) is 0 Å². The van der Waals surface area contributed by atoms with Crippen LogP contribution in [0.5, 0.6) is 0 Å². The van der Waals surface area contributed by atoms with E-state index in [1.165, 1.54) is 17.7 Å². The first-order chi connectivity index (χ1) is 10.1. The average molecular weight is 287 g/mol. The predicted molar refractivity (Wildman–Crippen MR) is 76.0 cm³/mol. The first kappa shape index (κ1) is 15.2. The molecule has 21 heavy (non-hydrogen) atoms. The molecule has 0 aromatic heterocycles. The fourth-order valence-corrected chi connectivity index (χ4v) is 2.30. The first-order valence-corrected chi connectivity index (χ1v) is 6.95. The Morgan fingerprint density at radius 3 is 2.29 bits per heavy atom. The van der Waals surface area contributed by atoms with Crippen LogP contribution >= 0.6 is 0 Å². The fraction of sp³-hybridized carbons (Fsp3) is 0.235. The zero-order valence-electron chi connectivity index (χ0n) is 11.7. The number of carbonyl (C=O) groups is 1. The minimum Gasteiger partial charge on any atom is -0.544 e. The third kappa shape index (κ3) is 5.36. The van der Waals surface area contributed by atoms with Gasteiger partial charge in [0, 0.05) is 12.0 Å². The summed E-state index contributed by atoms with van der Waals surface area (Å²) in [6.45, 7) is 1.18. The number of hydrogen-bond acceptors (Lipinski definition) is 2. The van der Waals surface area contributed by atoms with Crippen LogP contribution in [0.4, 0.5) is 4.39 Å². The molecule has 0 aliphatic rings. The van der Waals surface area contributed by atoms with E-state index in [0.717, 1.165) is 16.9 Å². The summed E-state index contributed by atoms with van der Waals surface area (Å²) in [5.74, 6) is -1.36. The van der Waals surface area contributed by atoms with Crippen LogP contribution < -0.4 is 10.0 Å². The number of carboxylic acid groups (broad SMARTS) is 1. The molecule has 2 rings (SSSR count). The van der Waals surface area contributed by atoms with Crippen LogP contribution in [0.1, 0.15) is 11.1 Å². The van der Waals surface area contributed by atoms with Crippen molar-refractivity contribution in [2.45, 2.75) is 13.0 Å². The van der Waals surface area contributed by atoms with E-state index in [9.17, 15) is 14.3 Å². The molecule has 0 radical (unpaired) electrons. The lowest BCUT2D eigenvalue weighted by Crippen LogP contribution is -3.12. The number of nitrogens with one attached hydrogen (secondary N) is 1. The lowest BCUT2D eigenvalue weighted by molar-refractivity contribution is -0.908. The number of halogens is 1. The van der Waals surface area contributed by atoms with Gasteiger partial charge < -0.3 is 14.8 Å². The van der Waals surface area contributed by atoms with Crippen molar-refractivity contribution in [3.8, 4) is 0 Å². The van der Waals surface area contributed by atoms with E-state index >= 15 is 0 Å². The van der Waals surface area contributed by atoms with Gasteiger partial charge in [-0.1, -0.05) is 42.5 Å². The highest BCUT2D eigenvalue weighted by Gasteiger charge is 2.10. The predicted octanol–water partition coefficient (Wildman–Crippen LogP) is 0.203. The Balaban J connectivity index is 1.97. The maximum Gasteiger partial charge on any atom is 0.123 e. The van der Waals surface area contributed by atoms with E-state index in [0.29, 0.717) is 13.1 Å². The molecule has 1 atom stereocenters. The Morgan fingerprint density at radius 1 is 1.00 bits per heavy atom. The molecule has 0 amide bonds. The van der Waals surface area contributed by atoms with Crippen LogP contribution in [0.3, 0.4) is 0 Å². The Kier molecular flexibility index (Phi) is 5.46. The zero-order valence-corrected chi connectivity index (χ0v) is 11.7. The van der Waals surface area contributed by atoms with Crippen LogP contribution in [0, 0.1) is 5.82 Å². The lowest BCUT2D eigenvalue weighted by atomic mass is 10.1. The molecule has 110 valence electrons. The summed E-state index contributed by atoms with van der Waals surface area (Å²) in [5.41, 5.74) is 2.09. The van der Waals surface area contributed by atoms with Crippen LogP contribution in [0.15, 0.2) is 54.6 Å². The number of carbonyl (C=O) groups excluding carboxylic acids is 1. The highest BCUT2D eigenvalue weighted by Crippen LogP contribution is 2.01. The van der Waals surface area contributed by atoms with Crippen molar-refractivity contribution in [1.82, 2.24) is 0 Å². The molecule has 1 N–H and O–H groups in total. The van der Waals surface area contributed by atoms with Gasteiger partial charge in [0.15, 0.2) is 0 Å². The van der Waals surface area contributed by atoms with Crippen LogP contribution in [-0.2, 0) is 17.8 Å². The molecular formula is C17H18FNO2. The monoisotopic (exact) mass is 287 g/mol. The molecular weight excluding hydrogens is 269 g/mol. The summed E-state index contributed by atoms with van der Waals surface area (Å²) in [4.78, 5) is 11.8. The van der Waals surface area contributed by atoms with E-state index in [2.05, 4.69) is 0 Å². The van der Waals surface area contributed by atoms with E-state index < -0.39 is 5.97 Å². The molecule has 0 saturated heterocycles. The Morgan fingerprint density at radius 2 is 1.67 bits per heavy atom. The lowest BCUT2D eigenvalue weighted by Gasteiger charge is -2.20. The number of rotatable bonds is 7. The maximum atomic E-state index is 12.9. The number of quaternary nitrogens is 1. The molecule has 0 aliphatic heterocycles. The van der Waals surface area contributed by atoms with Gasteiger partial charge in [-0.05, 0) is 17.7 Å². The van der Waals surface area contributed by atoms with Crippen molar-refractivity contribution >= 4 is 5.97 Å². The minimum atomic E-state index is -1.07. The molecule has 0 saturated carbocycles. The SMILES string of the molecule is O=C([O-])C[NH+](CCc1ccccc1)Cc1ccc(F)cc1. The second kappa shape index (κ2) is 7.55. The molecule has 0 fully saturated rings. The number of aliphatic carboxylic acids is 1. The quantitative estimate of drug-likeness (QED) is 0.791. The number of carboxylic acids is 1. The highest BCUT2D eigenvalue weighted by atomic mass is 19.1. The summed E-state index contributed by atoms with van der Waals surface area (Å²) < 4.78 is 12.9. The third-order valence-corrected chi connectivity index (χ3v) is 3.37. The molecule has 2 aromatic rings. The molecule has 0 heterocycles.